The van der Waals surface area contributed by atoms with Gasteiger partial charge in [0, 0.05) is 18.5 Å². The molecule has 18 heavy (non-hydrogen) atoms. The lowest BCUT2D eigenvalue weighted by molar-refractivity contribution is -0.121. The second-order valence-corrected chi connectivity index (χ2v) is 4.33. The Labute approximate surface area is 107 Å². The summed E-state index contributed by atoms with van der Waals surface area (Å²) in [7, 11) is 0. The van der Waals surface area contributed by atoms with E-state index in [1.807, 2.05) is 6.92 Å². The quantitative estimate of drug-likeness (QED) is 0.819. The van der Waals surface area contributed by atoms with E-state index in [0.29, 0.717) is 25.1 Å². The first-order chi connectivity index (χ1) is 8.70. The Morgan fingerprint density at radius 3 is 2.67 bits per heavy atom. The number of rotatable bonds is 3. The van der Waals surface area contributed by atoms with Gasteiger partial charge in [-0.05, 0) is 37.6 Å². The molecular weight excluding hydrogens is 230 g/mol. The fourth-order valence-electron chi connectivity index (χ4n) is 2.05. The summed E-state index contributed by atoms with van der Waals surface area (Å²) in [5, 5.41) is 0. The number of benzene rings is 1. The van der Waals surface area contributed by atoms with Crippen LogP contribution in [-0.4, -0.2) is 36.3 Å². The first-order valence-corrected chi connectivity index (χ1v) is 6.24. The molecule has 1 fully saturated rings. The minimum Gasteiger partial charge on any atom is -0.494 e. The predicted molar refractivity (Wildman–Crippen MR) is 67.8 cm³/mol. The number of nitrogens with zero attached hydrogens (tertiary/aromatic N) is 1. The van der Waals surface area contributed by atoms with Crippen molar-refractivity contribution >= 4 is 11.7 Å². The maximum atomic E-state index is 12.1. The monoisotopic (exact) mass is 247 g/mol. The van der Waals surface area contributed by atoms with E-state index in [1.165, 1.54) is 0 Å². The smallest absolute Gasteiger partial charge is 0.254 e. The predicted octanol–water partition coefficient (Wildman–Crippen LogP) is 1.89. The highest BCUT2D eigenvalue weighted by Crippen LogP contribution is 2.15. The molecule has 1 aliphatic heterocycles. The van der Waals surface area contributed by atoms with Gasteiger partial charge in [-0.1, -0.05) is 0 Å². The normalized spacial score (nSPS) is 15.6. The van der Waals surface area contributed by atoms with Gasteiger partial charge in [0.05, 0.1) is 13.2 Å². The standard InChI is InChI=1S/C14H17NO3/c1-2-18-13-7-5-11(6-8-13)14(17)15-9-3-4-12(16)10-15/h5-8H,2-4,9-10H2,1H3. The molecule has 1 aliphatic rings. The summed E-state index contributed by atoms with van der Waals surface area (Å²) < 4.78 is 5.32. The Bertz CT molecular complexity index is 439. The first kappa shape index (κ1) is 12.6. The summed E-state index contributed by atoms with van der Waals surface area (Å²) >= 11 is 0. The van der Waals surface area contributed by atoms with Crippen molar-refractivity contribution in [2.45, 2.75) is 19.8 Å². The summed E-state index contributed by atoms with van der Waals surface area (Å²) in [6, 6.07) is 7.05. The van der Waals surface area contributed by atoms with Gasteiger partial charge >= 0.3 is 0 Å². The highest BCUT2D eigenvalue weighted by Gasteiger charge is 2.22. The van der Waals surface area contributed by atoms with Gasteiger partial charge in [0.2, 0.25) is 0 Å². The number of likely N-dealkylation sites (tertiary alicyclic amines) is 1. The highest BCUT2D eigenvalue weighted by molar-refractivity contribution is 5.97. The van der Waals surface area contributed by atoms with Crippen LogP contribution in [-0.2, 0) is 4.79 Å². The average Bonchev–Trinajstić information content (AvgIpc) is 2.39. The first-order valence-electron chi connectivity index (χ1n) is 6.24. The van der Waals surface area contributed by atoms with Crippen LogP contribution in [0.5, 0.6) is 5.75 Å². The van der Waals surface area contributed by atoms with Crippen molar-refractivity contribution in [1.82, 2.24) is 4.90 Å². The van der Waals surface area contributed by atoms with Crippen molar-refractivity contribution in [2.24, 2.45) is 0 Å². The van der Waals surface area contributed by atoms with Gasteiger partial charge in [0.1, 0.15) is 5.75 Å². The van der Waals surface area contributed by atoms with Gasteiger partial charge in [-0.2, -0.15) is 0 Å². The molecule has 1 aromatic carbocycles. The Balaban J connectivity index is 2.06. The summed E-state index contributed by atoms with van der Waals surface area (Å²) in [4.78, 5) is 25.1. The van der Waals surface area contributed by atoms with Gasteiger partial charge in [-0.25, -0.2) is 0 Å². The van der Waals surface area contributed by atoms with Gasteiger partial charge < -0.3 is 9.64 Å². The van der Waals surface area contributed by atoms with E-state index in [4.69, 9.17) is 4.74 Å². The minimum absolute atomic E-state index is 0.0777. The number of piperidine rings is 1. The van der Waals surface area contributed by atoms with E-state index in [2.05, 4.69) is 0 Å². The van der Waals surface area contributed by atoms with Crippen LogP contribution in [0.1, 0.15) is 30.1 Å². The maximum absolute atomic E-state index is 12.1. The van der Waals surface area contributed by atoms with Gasteiger partial charge in [-0.3, -0.25) is 9.59 Å². The van der Waals surface area contributed by atoms with Crippen LogP contribution in [0.2, 0.25) is 0 Å². The third kappa shape index (κ3) is 2.88. The van der Waals surface area contributed by atoms with Crippen molar-refractivity contribution in [3.05, 3.63) is 29.8 Å². The number of carbonyl (C=O) groups is 2. The third-order valence-corrected chi connectivity index (χ3v) is 2.95. The van der Waals surface area contributed by atoms with Crippen molar-refractivity contribution in [1.29, 1.82) is 0 Å². The maximum Gasteiger partial charge on any atom is 0.254 e. The van der Waals surface area contributed by atoms with Crippen molar-refractivity contribution < 1.29 is 14.3 Å². The fraction of sp³-hybridized carbons (Fsp3) is 0.429. The minimum atomic E-state index is -0.0777. The Morgan fingerprint density at radius 1 is 1.33 bits per heavy atom. The van der Waals surface area contributed by atoms with Crippen LogP contribution in [0.3, 0.4) is 0 Å². The van der Waals surface area contributed by atoms with Crippen molar-refractivity contribution in [3.63, 3.8) is 0 Å². The summed E-state index contributed by atoms with van der Waals surface area (Å²) in [6.07, 6.45) is 1.36. The number of Topliss-reactive ketones (excluding diaryl/α,β-unsaturated/α-hetero) is 1. The topological polar surface area (TPSA) is 46.6 Å². The zero-order chi connectivity index (χ0) is 13.0. The molecule has 0 bridgehead atoms. The largest absolute Gasteiger partial charge is 0.494 e. The lowest BCUT2D eigenvalue weighted by Gasteiger charge is -2.25. The van der Waals surface area contributed by atoms with E-state index in [9.17, 15) is 9.59 Å². The molecule has 1 aromatic rings. The summed E-state index contributed by atoms with van der Waals surface area (Å²) in [6.45, 7) is 3.43. The zero-order valence-corrected chi connectivity index (χ0v) is 10.5. The van der Waals surface area contributed by atoms with Crippen LogP contribution in [0, 0.1) is 0 Å². The lowest BCUT2D eigenvalue weighted by atomic mass is 10.1. The zero-order valence-electron chi connectivity index (χ0n) is 10.5. The molecule has 4 heteroatoms. The second kappa shape index (κ2) is 5.67. The Morgan fingerprint density at radius 2 is 2.06 bits per heavy atom. The molecule has 2 rings (SSSR count). The third-order valence-electron chi connectivity index (χ3n) is 2.95. The molecule has 1 saturated heterocycles. The van der Waals surface area contributed by atoms with E-state index in [0.717, 1.165) is 12.2 Å². The molecule has 0 atom stereocenters. The number of ketones is 1. The van der Waals surface area contributed by atoms with Crippen LogP contribution in [0.4, 0.5) is 0 Å². The van der Waals surface area contributed by atoms with Gasteiger partial charge in [0.25, 0.3) is 5.91 Å². The molecule has 1 amide bonds. The molecule has 0 unspecified atom stereocenters. The van der Waals surface area contributed by atoms with Crippen molar-refractivity contribution in [3.8, 4) is 5.75 Å². The average molecular weight is 247 g/mol. The SMILES string of the molecule is CCOc1ccc(C(=O)N2CCCC(=O)C2)cc1. The molecular formula is C14H17NO3. The van der Waals surface area contributed by atoms with Crippen LogP contribution >= 0.6 is 0 Å². The van der Waals surface area contributed by atoms with Crippen molar-refractivity contribution in [2.75, 3.05) is 19.7 Å². The Kier molecular flexibility index (Phi) is 3.97. The summed E-state index contributed by atoms with van der Waals surface area (Å²) in [5.74, 6) is 0.815. The molecule has 96 valence electrons. The molecule has 4 nitrogen and oxygen atoms in total. The number of hydrogen-bond acceptors (Lipinski definition) is 3. The van der Waals surface area contributed by atoms with Gasteiger partial charge in [0.15, 0.2) is 5.78 Å². The number of ether oxygens (including phenoxy) is 1. The summed E-state index contributed by atoms with van der Waals surface area (Å²) in [5.41, 5.74) is 0.605. The van der Waals surface area contributed by atoms with Crippen LogP contribution < -0.4 is 4.74 Å². The number of amides is 1. The van der Waals surface area contributed by atoms with E-state index < -0.39 is 0 Å². The van der Waals surface area contributed by atoms with E-state index in [1.54, 1.807) is 29.2 Å². The van der Waals surface area contributed by atoms with Crippen LogP contribution in [0.25, 0.3) is 0 Å². The fourth-order valence-corrected chi connectivity index (χ4v) is 2.05. The lowest BCUT2D eigenvalue weighted by Crippen LogP contribution is -2.40. The van der Waals surface area contributed by atoms with E-state index >= 15 is 0 Å². The Hall–Kier alpha value is -1.84. The van der Waals surface area contributed by atoms with Crippen LogP contribution in [0.15, 0.2) is 24.3 Å². The molecule has 0 spiro atoms. The highest BCUT2D eigenvalue weighted by atomic mass is 16.5. The molecule has 0 radical (unpaired) electrons. The number of hydrogen-bond donors (Lipinski definition) is 0. The molecule has 0 aliphatic carbocycles. The van der Waals surface area contributed by atoms with E-state index in [-0.39, 0.29) is 18.2 Å². The molecule has 1 heterocycles. The van der Waals surface area contributed by atoms with Gasteiger partial charge in [-0.15, -0.1) is 0 Å². The number of carbonyl (C=O) groups excluding carboxylic acids is 2. The molecule has 0 aromatic heterocycles. The second-order valence-electron chi connectivity index (χ2n) is 4.33. The molecule has 0 N–H and O–H groups in total. The molecule has 0 saturated carbocycles.